The summed E-state index contributed by atoms with van der Waals surface area (Å²) in [5.41, 5.74) is 2.43. The Hall–Kier alpha value is -3.62. The number of pyridine rings is 1. The number of likely N-dealkylation sites (tertiary alicyclic amines) is 1. The summed E-state index contributed by atoms with van der Waals surface area (Å²) >= 11 is 0. The van der Waals surface area contributed by atoms with Crippen LogP contribution < -0.4 is 5.32 Å². The molecule has 1 fully saturated rings. The van der Waals surface area contributed by atoms with Gasteiger partial charge in [-0.05, 0) is 66.1 Å². The van der Waals surface area contributed by atoms with Gasteiger partial charge in [0.15, 0.2) is 0 Å². The van der Waals surface area contributed by atoms with Crippen molar-refractivity contribution in [3.05, 3.63) is 60.0 Å². The molecule has 1 N–H and O–H groups in total. The van der Waals surface area contributed by atoms with E-state index >= 15 is 0 Å². The zero-order valence-corrected chi connectivity index (χ0v) is 16.0. The molecule has 148 valence electrons. The van der Waals surface area contributed by atoms with Crippen molar-refractivity contribution in [1.29, 1.82) is 0 Å². The Kier molecular flexibility index (Phi) is 5.28. The standard InChI is InChI=1S/C20H21N7O2/c1-14-2-7-18(21-12-14)23-19(28)15-8-10-26(11-9-15)20(29)16-3-5-17(6-4-16)27-13-22-24-25-27/h2-7,12-13,15H,8-11H2,1H3,(H,21,23,28). The second kappa shape index (κ2) is 8.17. The van der Waals surface area contributed by atoms with Gasteiger partial charge in [0, 0.05) is 30.8 Å². The molecule has 9 nitrogen and oxygen atoms in total. The normalized spacial score (nSPS) is 14.6. The van der Waals surface area contributed by atoms with Crippen LogP contribution in [0.4, 0.5) is 5.82 Å². The molecule has 2 amide bonds. The van der Waals surface area contributed by atoms with Gasteiger partial charge in [-0.2, -0.15) is 0 Å². The number of hydrogen-bond acceptors (Lipinski definition) is 6. The molecule has 4 rings (SSSR count). The molecule has 3 aromatic rings. The number of tetrazole rings is 1. The van der Waals surface area contributed by atoms with Gasteiger partial charge in [0.05, 0.1) is 5.69 Å². The summed E-state index contributed by atoms with van der Waals surface area (Å²) in [6, 6.07) is 10.8. The highest BCUT2D eigenvalue weighted by Crippen LogP contribution is 2.21. The van der Waals surface area contributed by atoms with Gasteiger partial charge in [0.1, 0.15) is 12.1 Å². The largest absolute Gasteiger partial charge is 0.339 e. The van der Waals surface area contributed by atoms with Crippen molar-refractivity contribution in [3.8, 4) is 5.69 Å². The van der Waals surface area contributed by atoms with Gasteiger partial charge in [-0.3, -0.25) is 9.59 Å². The minimum Gasteiger partial charge on any atom is -0.339 e. The highest BCUT2D eigenvalue weighted by atomic mass is 16.2. The van der Waals surface area contributed by atoms with E-state index in [4.69, 9.17) is 0 Å². The Labute approximate surface area is 167 Å². The van der Waals surface area contributed by atoms with Gasteiger partial charge in [0.2, 0.25) is 5.91 Å². The van der Waals surface area contributed by atoms with Crippen molar-refractivity contribution in [2.24, 2.45) is 5.92 Å². The first-order chi connectivity index (χ1) is 14.1. The second-order valence-corrected chi connectivity index (χ2v) is 7.08. The van der Waals surface area contributed by atoms with E-state index in [1.807, 2.05) is 13.0 Å². The van der Waals surface area contributed by atoms with Crippen LogP contribution in [0.25, 0.3) is 5.69 Å². The summed E-state index contributed by atoms with van der Waals surface area (Å²) in [5, 5.41) is 13.9. The quantitative estimate of drug-likeness (QED) is 0.728. The zero-order chi connectivity index (χ0) is 20.2. The fourth-order valence-corrected chi connectivity index (χ4v) is 3.33. The van der Waals surface area contributed by atoms with Crippen LogP contribution in [0.2, 0.25) is 0 Å². The molecule has 1 aliphatic rings. The Bertz CT molecular complexity index is 977. The fraction of sp³-hybridized carbons (Fsp3) is 0.300. The van der Waals surface area contributed by atoms with Crippen LogP contribution in [0.5, 0.6) is 0 Å². The van der Waals surface area contributed by atoms with Crippen LogP contribution in [0.1, 0.15) is 28.8 Å². The first-order valence-electron chi connectivity index (χ1n) is 9.46. The summed E-state index contributed by atoms with van der Waals surface area (Å²) in [6.45, 7) is 3.05. The van der Waals surface area contributed by atoms with Crippen molar-refractivity contribution in [2.75, 3.05) is 18.4 Å². The van der Waals surface area contributed by atoms with E-state index in [0.29, 0.717) is 37.3 Å². The number of nitrogens with zero attached hydrogens (tertiary/aromatic N) is 6. The maximum atomic E-state index is 12.8. The van der Waals surface area contributed by atoms with Gasteiger partial charge in [-0.25, -0.2) is 9.67 Å². The third kappa shape index (κ3) is 4.29. The van der Waals surface area contributed by atoms with E-state index < -0.39 is 0 Å². The number of carbonyl (C=O) groups is 2. The zero-order valence-electron chi connectivity index (χ0n) is 16.0. The van der Waals surface area contributed by atoms with Gasteiger partial charge in [-0.1, -0.05) is 6.07 Å². The smallest absolute Gasteiger partial charge is 0.253 e. The number of aryl methyl sites for hydroxylation is 1. The molecule has 9 heteroatoms. The number of carbonyl (C=O) groups excluding carboxylic acids is 2. The van der Waals surface area contributed by atoms with Gasteiger partial charge >= 0.3 is 0 Å². The molecular formula is C20H21N7O2. The van der Waals surface area contributed by atoms with Crippen molar-refractivity contribution in [1.82, 2.24) is 30.1 Å². The van der Waals surface area contributed by atoms with Crippen LogP contribution in [0.15, 0.2) is 48.9 Å². The third-order valence-electron chi connectivity index (χ3n) is 5.04. The average molecular weight is 391 g/mol. The lowest BCUT2D eigenvalue weighted by atomic mass is 9.95. The highest BCUT2D eigenvalue weighted by Gasteiger charge is 2.28. The van der Waals surface area contributed by atoms with Crippen molar-refractivity contribution in [2.45, 2.75) is 19.8 Å². The van der Waals surface area contributed by atoms with Crippen molar-refractivity contribution < 1.29 is 9.59 Å². The molecule has 0 bridgehead atoms. The Morgan fingerprint density at radius 2 is 1.83 bits per heavy atom. The van der Waals surface area contributed by atoms with Crippen LogP contribution in [-0.2, 0) is 4.79 Å². The number of aromatic nitrogens is 5. The Morgan fingerprint density at radius 1 is 1.07 bits per heavy atom. The average Bonchev–Trinajstić information content (AvgIpc) is 3.30. The monoisotopic (exact) mass is 391 g/mol. The lowest BCUT2D eigenvalue weighted by Crippen LogP contribution is -2.41. The van der Waals surface area contributed by atoms with E-state index in [1.54, 1.807) is 41.4 Å². The van der Waals surface area contributed by atoms with Gasteiger partial charge in [0.25, 0.3) is 5.91 Å². The first kappa shape index (κ1) is 18.7. The first-order valence-corrected chi connectivity index (χ1v) is 9.46. The predicted octanol–water partition coefficient (Wildman–Crippen LogP) is 1.86. The Balaban J connectivity index is 1.32. The molecule has 0 radical (unpaired) electrons. The number of benzene rings is 1. The second-order valence-electron chi connectivity index (χ2n) is 7.08. The van der Waals surface area contributed by atoms with Crippen LogP contribution in [0.3, 0.4) is 0 Å². The van der Waals surface area contributed by atoms with Crippen molar-refractivity contribution in [3.63, 3.8) is 0 Å². The number of rotatable bonds is 4. The van der Waals surface area contributed by atoms with E-state index in [0.717, 1.165) is 11.3 Å². The highest BCUT2D eigenvalue weighted by molar-refractivity contribution is 5.95. The predicted molar refractivity (Wildman–Crippen MR) is 105 cm³/mol. The molecule has 0 aliphatic carbocycles. The molecule has 29 heavy (non-hydrogen) atoms. The minimum absolute atomic E-state index is 0.0349. The fourth-order valence-electron chi connectivity index (χ4n) is 3.33. The van der Waals surface area contributed by atoms with Crippen molar-refractivity contribution >= 4 is 17.6 Å². The molecular weight excluding hydrogens is 370 g/mol. The number of nitrogens with one attached hydrogen (secondary N) is 1. The third-order valence-corrected chi connectivity index (χ3v) is 5.04. The number of hydrogen-bond donors (Lipinski definition) is 1. The number of amides is 2. The SMILES string of the molecule is Cc1ccc(NC(=O)C2CCN(C(=O)c3ccc(-n4cnnn4)cc3)CC2)nc1. The summed E-state index contributed by atoms with van der Waals surface area (Å²) in [5.74, 6) is 0.359. The van der Waals surface area contributed by atoms with E-state index in [9.17, 15) is 9.59 Å². The molecule has 2 aromatic heterocycles. The minimum atomic E-state index is -0.121. The van der Waals surface area contributed by atoms with Crippen LogP contribution >= 0.6 is 0 Å². The lowest BCUT2D eigenvalue weighted by molar-refractivity contribution is -0.121. The van der Waals surface area contributed by atoms with E-state index in [1.165, 1.54) is 11.0 Å². The van der Waals surface area contributed by atoms with Gasteiger partial charge < -0.3 is 10.2 Å². The van der Waals surface area contributed by atoms with Crippen LogP contribution in [0, 0.1) is 12.8 Å². The summed E-state index contributed by atoms with van der Waals surface area (Å²) in [4.78, 5) is 31.2. The topological polar surface area (TPSA) is 106 Å². The summed E-state index contributed by atoms with van der Waals surface area (Å²) in [7, 11) is 0. The maximum Gasteiger partial charge on any atom is 0.253 e. The Morgan fingerprint density at radius 3 is 2.45 bits per heavy atom. The number of anilines is 1. The molecule has 1 aromatic carbocycles. The molecule has 1 aliphatic heterocycles. The van der Waals surface area contributed by atoms with Crippen LogP contribution in [-0.4, -0.2) is 55.0 Å². The molecule has 1 saturated heterocycles. The molecule has 0 saturated carbocycles. The molecule has 3 heterocycles. The van der Waals surface area contributed by atoms with Gasteiger partial charge in [-0.15, -0.1) is 5.10 Å². The van der Waals surface area contributed by atoms with E-state index in [2.05, 4.69) is 25.8 Å². The molecule has 0 unspecified atom stereocenters. The van der Waals surface area contributed by atoms with E-state index in [-0.39, 0.29) is 17.7 Å². The number of piperidine rings is 1. The summed E-state index contributed by atoms with van der Waals surface area (Å²) < 4.78 is 1.53. The molecule has 0 atom stereocenters. The lowest BCUT2D eigenvalue weighted by Gasteiger charge is -2.31. The maximum absolute atomic E-state index is 12.8. The summed E-state index contributed by atoms with van der Waals surface area (Å²) in [6.07, 6.45) is 4.48. The molecule has 0 spiro atoms.